The van der Waals surface area contributed by atoms with Crippen LogP contribution in [0.2, 0.25) is 0 Å². The quantitative estimate of drug-likeness (QED) is 0.747. The molecule has 0 aromatic carbocycles. The van der Waals surface area contributed by atoms with Crippen LogP contribution in [0.4, 0.5) is 5.82 Å². The van der Waals surface area contributed by atoms with Gasteiger partial charge in [-0.2, -0.15) is 0 Å². The summed E-state index contributed by atoms with van der Waals surface area (Å²) >= 11 is 1.92. The molecule has 1 aromatic heterocycles. The lowest BCUT2D eigenvalue weighted by Gasteiger charge is -2.32. The molecule has 0 aliphatic carbocycles. The molecular formula is C12H17N3S. The Morgan fingerprint density at radius 2 is 2.12 bits per heavy atom. The Morgan fingerprint density at radius 1 is 1.31 bits per heavy atom. The van der Waals surface area contributed by atoms with E-state index in [-0.39, 0.29) is 0 Å². The van der Waals surface area contributed by atoms with Crippen molar-refractivity contribution in [3.05, 3.63) is 12.0 Å². The van der Waals surface area contributed by atoms with Gasteiger partial charge in [-0.3, -0.25) is 0 Å². The van der Waals surface area contributed by atoms with Gasteiger partial charge in [-0.1, -0.05) is 6.92 Å². The normalized spacial score (nSPS) is 21.2. The predicted molar refractivity (Wildman–Crippen MR) is 67.1 cm³/mol. The van der Waals surface area contributed by atoms with E-state index >= 15 is 0 Å². The molecule has 0 amide bonds. The Labute approximate surface area is 101 Å². The van der Waals surface area contributed by atoms with Gasteiger partial charge in [-0.15, -0.1) is 11.8 Å². The fourth-order valence-corrected chi connectivity index (χ4v) is 3.55. The average molecular weight is 235 g/mol. The van der Waals surface area contributed by atoms with Crippen LogP contribution in [0.15, 0.2) is 11.2 Å². The molecule has 0 spiro atoms. The number of hydrogen-bond donors (Lipinski definition) is 0. The molecule has 3 nitrogen and oxygen atoms in total. The Hall–Kier alpha value is -0.770. The van der Waals surface area contributed by atoms with Crippen molar-refractivity contribution in [3.63, 3.8) is 0 Å². The first-order valence-electron chi connectivity index (χ1n) is 6.06. The SMILES string of the molecule is CC1CCN(c2ncnc3c2SCC3)CC1. The maximum Gasteiger partial charge on any atom is 0.145 e. The molecule has 2 aliphatic heterocycles. The monoisotopic (exact) mass is 235 g/mol. The third kappa shape index (κ3) is 1.79. The van der Waals surface area contributed by atoms with Gasteiger partial charge in [0.25, 0.3) is 0 Å². The number of rotatable bonds is 1. The van der Waals surface area contributed by atoms with Crippen LogP contribution in [0.1, 0.15) is 25.5 Å². The number of aromatic nitrogens is 2. The van der Waals surface area contributed by atoms with Crippen LogP contribution in [-0.4, -0.2) is 28.8 Å². The van der Waals surface area contributed by atoms with Crippen molar-refractivity contribution in [2.24, 2.45) is 5.92 Å². The summed E-state index contributed by atoms with van der Waals surface area (Å²) in [7, 11) is 0. The summed E-state index contributed by atoms with van der Waals surface area (Å²) < 4.78 is 0. The van der Waals surface area contributed by atoms with Crippen molar-refractivity contribution in [1.29, 1.82) is 0 Å². The largest absolute Gasteiger partial charge is 0.356 e. The lowest BCUT2D eigenvalue weighted by molar-refractivity contribution is 0.435. The van der Waals surface area contributed by atoms with Gasteiger partial charge < -0.3 is 4.90 Å². The Balaban J connectivity index is 1.87. The standard InChI is InChI=1S/C12H17N3S/c1-9-2-5-15(6-3-9)12-11-10(4-7-16-11)13-8-14-12/h8-9H,2-7H2,1H3. The van der Waals surface area contributed by atoms with Crippen LogP contribution < -0.4 is 4.90 Å². The van der Waals surface area contributed by atoms with E-state index in [9.17, 15) is 0 Å². The average Bonchev–Trinajstić information content (AvgIpc) is 2.78. The highest BCUT2D eigenvalue weighted by Crippen LogP contribution is 2.37. The number of hydrogen-bond acceptors (Lipinski definition) is 4. The van der Waals surface area contributed by atoms with Crippen LogP contribution >= 0.6 is 11.8 Å². The fraction of sp³-hybridized carbons (Fsp3) is 0.667. The van der Waals surface area contributed by atoms with Crippen molar-refractivity contribution >= 4 is 17.6 Å². The van der Waals surface area contributed by atoms with Crippen LogP contribution in [-0.2, 0) is 6.42 Å². The lowest BCUT2D eigenvalue weighted by atomic mass is 9.99. The molecule has 1 saturated heterocycles. The number of aryl methyl sites for hydroxylation is 1. The summed E-state index contributed by atoms with van der Waals surface area (Å²) in [5.41, 5.74) is 1.26. The number of fused-ring (bicyclic) bond motifs is 1. The smallest absolute Gasteiger partial charge is 0.145 e. The van der Waals surface area contributed by atoms with E-state index in [0.717, 1.165) is 25.4 Å². The number of anilines is 1. The minimum Gasteiger partial charge on any atom is -0.356 e. The van der Waals surface area contributed by atoms with Gasteiger partial charge in [0.2, 0.25) is 0 Å². The van der Waals surface area contributed by atoms with E-state index in [2.05, 4.69) is 21.8 Å². The zero-order chi connectivity index (χ0) is 11.0. The molecule has 0 bridgehead atoms. The Bertz CT molecular complexity index is 386. The molecule has 86 valence electrons. The van der Waals surface area contributed by atoms with Gasteiger partial charge in [-0.05, 0) is 18.8 Å². The van der Waals surface area contributed by atoms with Crippen molar-refractivity contribution < 1.29 is 0 Å². The maximum atomic E-state index is 4.49. The van der Waals surface area contributed by atoms with Gasteiger partial charge in [-0.25, -0.2) is 9.97 Å². The number of nitrogens with zero attached hydrogens (tertiary/aromatic N) is 3. The van der Waals surface area contributed by atoms with E-state index in [1.165, 1.54) is 35.0 Å². The van der Waals surface area contributed by atoms with Crippen molar-refractivity contribution in [2.75, 3.05) is 23.7 Å². The molecule has 0 unspecified atom stereocenters. The minimum absolute atomic E-state index is 0.874. The summed E-state index contributed by atoms with van der Waals surface area (Å²) in [5, 5.41) is 0. The van der Waals surface area contributed by atoms with E-state index in [1.807, 2.05) is 11.8 Å². The van der Waals surface area contributed by atoms with E-state index < -0.39 is 0 Å². The number of thioether (sulfide) groups is 1. The lowest BCUT2D eigenvalue weighted by Crippen LogP contribution is -2.33. The van der Waals surface area contributed by atoms with E-state index in [4.69, 9.17) is 0 Å². The molecule has 0 N–H and O–H groups in total. The van der Waals surface area contributed by atoms with Gasteiger partial charge in [0.15, 0.2) is 0 Å². The van der Waals surface area contributed by atoms with Crippen molar-refractivity contribution in [1.82, 2.24) is 9.97 Å². The molecule has 0 saturated carbocycles. The topological polar surface area (TPSA) is 29.0 Å². The van der Waals surface area contributed by atoms with Crippen LogP contribution in [0.5, 0.6) is 0 Å². The molecule has 1 aromatic rings. The highest BCUT2D eigenvalue weighted by molar-refractivity contribution is 7.99. The Kier molecular flexibility index (Phi) is 2.75. The van der Waals surface area contributed by atoms with E-state index in [0.29, 0.717) is 0 Å². The zero-order valence-electron chi connectivity index (χ0n) is 9.65. The van der Waals surface area contributed by atoms with E-state index in [1.54, 1.807) is 6.33 Å². The summed E-state index contributed by atoms with van der Waals surface area (Å²) in [6.07, 6.45) is 5.44. The molecule has 16 heavy (non-hydrogen) atoms. The predicted octanol–water partition coefficient (Wildman–Crippen LogP) is 2.36. The zero-order valence-corrected chi connectivity index (χ0v) is 10.5. The Morgan fingerprint density at radius 3 is 2.94 bits per heavy atom. The second kappa shape index (κ2) is 4.24. The first kappa shape index (κ1) is 10.4. The highest BCUT2D eigenvalue weighted by atomic mass is 32.2. The van der Waals surface area contributed by atoms with Crippen molar-refractivity contribution in [3.8, 4) is 0 Å². The van der Waals surface area contributed by atoms with Crippen LogP contribution in [0, 0.1) is 5.92 Å². The van der Waals surface area contributed by atoms with Gasteiger partial charge in [0.05, 0.1) is 10.6 Å². The third-order valence-electron chi connectivity index (χ3n) is 3.53. The molecule has 0 radical (unpaired) electrons. The second-order valence-electron chi connectivity index (χ2n) is 4.74. The summed E-state index contributed by atoms with van der Waals surface area (Å²) in [6.45, 7) is 4.66. The molecule has 2 aliphatic rings. The molecule has 3 rings (SSSR count). The fourth-order valence-electron chi connectivity index (χ4n) is 2.42. The molecular weight excluding hydrogens is 218 g/mol. The summed E-state index contributed by atoms with van der Waals surface area (Å²) in [6, 6.07) is 0. The van der Waals surface area contributed by atoms with Gasteiger partial charge >= 0.3 is 0 Å². The highest BCUT2D eigenvalue weighted by Gasteiger charge is 2.24. The van der Waals surface area contributed by atoms with Crippen LogP contribution in [0.25, 0.3) is 0 Å². The molecule has 4 heteroatoms. The molecule has 0 atom stereocenters. The van der Waals surface area contributed by atoms with Crippen LogP contribution in [0.3, 0.4) is 0 Å². The summed E-state index contributed by atoms with van der Waals surface area (Å²) in [4.78, 5) is 12.7. The first-order chi connectivity index (χ1) is 7.84. The third-order valence-corrected chi connectivity index (χ3v) is 4.64. The summed E-state index contributed by atoms with van der Waals surface area (Å²) in [5.74, 6) is 3.24. The minimum atomic E-state index is 0.874. The second-order valence-corrected chi connectivity index (χ2v) is 5.85. The van der Waals surface area contributed by atoms with Gasteiger partial charge in [0, 0.05) is 25.3 Å². The first-order valence-corrected chi connectivity index (χ1v) is 7.05. The molecule has 1 fully saturated rings. The number of piperidine rings is 1. The maximum absolute atomic E-state index is 4.49. The van der Waals surface area contributed by atoms with Crippen molar-refractivity contribution in [2.45, 2.75) is 31.1 Å². The van der Waals surface area contributed by atoms with Gasteiger partial charge in [0.1, 0.15) is 12.1 Å². The molecule has 3 heterocycles.